The zero-order chi connectivity index (χ0) is 17.3. The van der Waals surface area contributed by atoms with Gasteiger partial charge >= 0.3 is 0 Å². The van der Waals surface area contributed by atoms with E-state index in [-0.39, 0.29) is 0 Å². The van der Waals surface area contributed by atoms with E-state index in [0.29, 0.717) is 6.04 Å². The van der Waals surface area contributed by atoms with Crippen molar-refractivity contribution in [3.8, 4) is 0 Å². The Morgan fingerprint density at radius 3 is 2.29 bits per heavy atom. The summed E-state index contributed by atoms with van der Waals surface area (Å²) in [5.74, 6) is 0. The molecule has 2 heteroatoms. The van der Waals surface area contributed by atoms with E-state index in [0.717, 1.165) is 4.48 Å². The lowest BCUT2D eigenvalue weighted by atomic mass is 10.1. The fourth-order valence-electron chi connectivity index (χ4n) is 4.25. The molecule has 0 bridgehead atoms. The third-order valence-electron chi connectivity index (χ3n) is 5.84. The van der Waals surface area contributed by atoms with Gasteiger partial charge in [0.15, 0.2) is 12.4 Å². The minimum absolute atomic E-state index is 0.695. The van der Waals surface area contributed by atoms with Crippen LogP contribution in [0.5, 0.6) is 0 Å². The highest BCUT2D eigenvalue weighted by atomic mass is 15.3. The van der Waals surface area contributed by atoms with E-state index in [1.54, 1.807) is 0 Å². The summed E-state index contributed by atoms with van der Waals surface area (Å²) in [5.41, 5.74) is 1.54. The molecule has 0 unspecified atom stereocenters. The van der Waals surface area contributed by atoms with E-state index in [1.165, 1.54) is 89.3 Å². The summed E-state index contributed by atoms with van der Waals surface area (Å²) in [6, 6.07) is 5.28. The Hall–Kier alpha value is -0.890. The summed E-state index contributed by atoms with van der Waals surface area (Å²) >= 11 is 0. The number of rotatable bonds is 11. The first-order valence-electron chi connectivity index (χ1n) is 10.4. The van der Waals surface area contributed by atoms with Gasteiger partial charge < -0.3 is 4.48 Å². The molecular formula is C22H40N2+2. The normalized spacial score (nSPS) is 19.7. The summed E-state index contributed by atoms with van der Waals surface area (Å²) < 4.78 is 3.58. The van der Waals surface area contributed by atoms with Crippen LogP contribution in [0.1, 0.15) is 89.2 Å². The molecule has 1 saturated heterocycles. The van der Waals surface area contributed by atoms with Crippen molar-refractivity contribution in [1.29, 1.82) is 0 Å². The van der Waals surface area contributed by atoms with Gasteiger partial charge in [0.1, 0.15) is 12.6 Å². The summed E-state index contributed by atoms with van der Waals surface area (Å²) in [6.45, 7) is 4.79. The molecule has 1 fully saturated rings. The van der Waals surface area contributed by atoms with Crippen molar-refractivity contribution in [3.63, 3.8) is 0 Å². The molecule has 2 heterocycles. The predicted molar refractivity (Wildman–Crippen MR) is 103 cm³/mol. The van der Waals surface area contributed by atoms with E-state index >= 15 is 0 Å². The van der Waals surface area contributed by atoms with Crippen molar-refractivity contribution in [2.75, 3.05) is 20.6 Å². The Morgan fingerprint density at radius 1 is 1.00 bits per heavy atom. The van der Waals surface area contributed by atoms with Crippen molar-refractivity contribution < 1.29 is 9.05 Å². The lowest BCUT2D eigenvalue weighted by Crippen LogP contribution is -2.40. The molecule has 2 rings (SSSR count). The van der Waals surface area contributed by atoms with Crippen molar-refractivity contribution in [3.05, 3.63) is 30.1 Å². The molecule has 1 aromatic heterocycles. The van der Waals surface area contributed by atoms with E-state index < -0.39 is 0 Å². The third kappa shape index (κ3) is 6.20. The van der Waals surface area contributed by atoms with Gasteiger partial charge in [0.05, 0.1) is 26.2 Å². The van der Waals surface area contributed by atoms with Gasteiger partial charge in [0.2, 0.25) is 0 Å². The lowest BCUT2D eigenvalue weighted by Gasteiger charge is -2.31. The fraction of sp³-hybridized carbons (Fsp3) is 0.773. The van der Waals surface area contributed by atoms with E-state index in [2.05, 4.69) is 50.1 Å². The fourth-order valence-corrected chi connectivity index (χ4v) is 4.25. The molecule has 136 valence electrons. The molecule has 1 aliphatic heterocycles. The maximum Gasteiger partial charge on any atom is 0.177 e. The van der Waals surface area contributed by atoms with Crippen LogP contribution in [0.3, 0.4) is 0 Å². The van der Waals surface area contributed by atoms with Gasteiger partial charge in [-0.15, -0.1) is 0 Å². The van der Waals surface area contributed by atoms with Gasteiger partial charge in [-0.05, 0) is 12.5 Å². The average Bonchev–Trinajstić information content (AvgIpc) is 2.93. The Labute approximate surface area is 150 Å². The maximum absolute atomic E-state index is 2.43. The Balaban J connectivity index is 1.66. The zero-order valence-corrected chi connectivity index (χ0v) is 16.5. The van der Waals surface area contributed by atoms with Gasteiger partial charge in [0.25, 0.3) is 0 Å². The predicted octanol–water partition coefficient (Wildman–Crippen LogP) is 5.42. The molecule has 0 aromatic carbocycles. The number of quaternary nitrogens is 1. The molecule has 24 heavy (non-hydrogen) atoms. The topological polar surface area (TPSA) is 3.88 Å². The van der Waals surface area contributed by atoms with E-state index in [4.69, 9.17) is 0 Å². The molecule has 2 nitrogen and oxygen atoms in total. The van der Waals surface area contributed by atoms with Crippen molar-refractivity contribution in [1.82, 2.24) is 0 Å². The second-order valence-electron chi connectivity index (χ2n) is 8.36. The largest absolute Gasteiger partial charge is 0.322 e. The van der Waals surface area contributed by atoms with Crippen LogP contribution in [0.15, 0.2) is 24.5 Å². The van der Waals surface area contributed by atoms with Crippen molar-refractivity contribution in [2.24, 2.45) is 0 Å². The summed E-state index contributed by atoms with van der Waals surface area (Å²) in [6.07, 6.45) is 20.0. The molecule has 0 radical (unpaired) electrons. The molecule has 1 aliphatic rings. The van der Waals surface area contributed by atoms with Crippen LogP contribution in [0.2, 0.25) is 0 Å². The van der Waals surface area contributed by atoms with Gasteiger partial charge in [0, 0.05) is 25.3 Å². The van der Waals surface area contributed by atoms with Gasteiger partial charge in [-0.25, -0.2) is 4.57 Å². The monoisotopic (exact) mass is 332 g/mol. The molecule has 0 spiro atoms. The molecular weight excluding hydrogens is 292 g/mol. The summed E-state index contributed by atoms with van der Waals surface area (Å²) in [5, 5.41) is 0. The van der Waals surface area contributed by atoms with Crippen LogP contribution in [0.4, 0.5) is 0 Å². The molecule has 0 amide bonds. The smallest absolute Gasteiger partial charge is 0.177 e. The number of nitrogens with zero attached hydrogens (tertiary/aromatic N) is 2. The molecule has 1 atom stereocenters. The Kier molecular flexibility index (Phi) is 8.24. The van der Waals surface area contributed by atoms with E-state index in [1.807, 2.05) is 0 Å². The maximum atomic E-state index is 2.43. The molecule has 0 aliphatic carbocycles. The summed E-state index contributed by atoms with van der Waals surface area (Å²) in [7, 11) is 4.77. The lowest BCUT2D eigenvalue weighted by molar-refractivity contribution is -0.908. The summed E-state index contributed by atoms with van der Waals surface area (Å²) in [4.78, 5) is 0. The van der Waals surface area contributed by atoms with Crippen LogP contribution in [-0.2, 0) is 6.54 Å². The third-order valence-corrected chi connectivity index (χ3v) is 5.84. The van der Waals surface area contributed by atoms with Crippen molar-refractivity contribution >= 4 is 0 Å². The number of pyridine rings is 1. The second kappa shape index (κ2) is 10.2. The highest BCUT2D eigenvalue weighted by Gasteiger charge is 2.36. The number of aromatic nitrogens is 1. The SMILES string of the molecule is CCCCCCCCCCC[n+]1cccc([C@@H]2CCC[N+]2(C)C)c1. The minimum Gasteiger partial charge on any atom is -0.322 e. The first-order chi connectivity index (χ1) is 11.6. The number of hydrogen-bond acceptors (Lipinski definition) is 0. The number of aryl methyl sites for hydroxylation is 1. The number of likely N-dealkylation sites (tertiary alicyclic amines) is 1. The van der Waals surface area contributed by atoms with Gasteiger partial charge in [-0.1, -0.05) is 51.9 Å². The highest BCUT2D eigenvalue weighted by Crippen LogP contribution is 2.35. The highest BCUT2D eigenvalue weighted by molar-refractivity contribution is 5.10. The zero-order valence-electron chi connectivity index (χ0n) is 16.5. The van der Waals surface area contributed by atoms with Crippen LogP contribution in [-0.4, -0.2) is 25.1 Å². The quantitative estimate of drug-likeness (QED) is 0.289. The Morgan fingerprint density at radius 2 is 1.67 bits per heavy atom. The minimum atomic E-state index is 0.695. The Bertz CT molecular complexity index is 467. The number of unbranched alkanes of at least 4 members (excludes halogenated alkanes) is 8. The van der Waals surface area contributed by atoms with Gasteiger partial charge in [-0.3, -0.25) is 0 Å². The number of hydrogen-bond donors (Lipinski definition) is 0. The van der Waals surface area contributed by atoms with Crippen LogP contribution in [0.25, 0.3) is 0 Å². The van der Waals surface area contributed by atoms with Crippen LogP contribution in [0, 0.1) is 0 Å². The first kappa shape index (κ1) is 19.4. The van der Waals surface area contributed by atoms with Crippen molar-refractivity contribution in [2.45, 2.75) is 90.1 Å². The first-order valence-corrected chi connectivity index (χ1v) is 10.4. The molecule has 1 aromatic rings. The van der Waals surface area contributed by atoms with E-state index in [9.17, 15) is 0 Å². The average molecular weight is 333 g/mol. The molecule has 0 saturated carbocycles. The van der Waals surface area contributed by atoms with Crippen LogP contribution < -0.4 is 4.57 Å². The van der Waals surface area contributed by atoms with Gasteiger partial charge in [-0.2, -0.15) is 0 Å². The second-order valence-corrected chi connectivity index (χ2v) is 8.36. The molecule has 0 N–H and O–H groups in total. The van der Waals surface area contributed by atoms with Crippen LogP contribution >= 0.6 is 0 Å². The standard InChI is InChI=1S/C22H40N2/c1-4-5-6-7-8-9-10-11-12-17-23-18-13-15-21(20-23)22-16-14-19-24(22,2)3/h13,15,18,20,22H,4-12,14,16-17,19H2,1-3H3/q+2/t22-/m0/s1.